The molecule has 1 heterocycles. The number of carbonyl (C=O) groups excluding carboxylic acids is 3. The molecule has 4 aromatic carbocycles. The van der Waals surface area contributed by atoms with Crippen molar-refractivity contribution in [3.05, 3.63) is 124 Å². The summed E-state index contributed by atoms with van der Waals surface area (Å²) in [4.78, 5) is 41.9. The Bertz CT molecular complexity index is 1620. The van der Waals surface area contributed by atoms with Gasteiger partial charge in [-0.2, -0.15) is 0 Å². The maximum Gasteiger partial charge on any atom is 0.283 e. The van der Waals surface area contributed by atoms with E-state index in [2.05, 4.69) is 10.6 Å². The molecule has 3 amide bonds. The van der Waals surface area contributed by atoms with Crippen molar-refractivity contribution in [2.75, 3.05) is 22.6 Å². The third-order valence-corrected chi connectivity index (χ3v) is 7.56. The van der Waals surface area contributed by atoms with Crippen LogP contribution in [0, 0.1) is 6.92 Å². The van der Waals surface area contributed by atoms with Gasteiger partial charge in [-0.1, -0.05) is 53.2 Å². The molecule has 0 spiro atoms. The monoisotopic (exact) mass is 569 g/mol. The number of hydrogen-bond donors (Lipinski definition) is 2. The molecule has 0 aliphatic carbocycles. The molecule has 40 heavy (non-hydrogen) atoms. The number of ether oxygens (including phenoxy) is 1. The number of hydrogen-bond acceptors (Lipinski definition) is 6. The number of halogens is 1. The number of methoxy groups -OCH3 is 1. The number of anilines is 3. The summed E-state index contributed by atoms with van der Waals surface area (Å²) in [7, 11) is 1.55. The molecule has 0 unspecified atom stereocenters. The van der Waals surface area contributed by atoms with Crippen LogP contribution in [0.1, 0.15) is 15.9 Å². The van der Waals surface area contributed by atoms with Crippen LogP contribution in [0.2, 0.25) is 5.02 Å². The van der Waals surface area contributed by atoms with E-state index in [1.54, 1.807) is 79.9 Å². The number of imide groups is 1. The minimum absolute atomic E-state index is 0.186. The molecular weight excluding hydrogens is 546 g/mol. The highest BCUT2D eigenvalue weighted by Gasteiger charge is 2.40. The number of aryl methyl sites for hydroxylation is 1. The zero-order valence-electron chi connectivity index (χ0n) is 21.6. The Morgan fingerprint density at radius 1 is 0.825 bits per heavy atom. The molecule has 5 rings (SSSR count). The Kier molecular flexibility index (Phi) is 7.91. The van der Waals surface area contributed by atoms with E-state index in [4.69, 9.17) is 16.3 Å². The van der Waals surface area contributed by atoms with Gasteiger partial charge in [0.15, 0.2) is 0 Å². The summed E-state index contributed by atoms with van der Waals surface area (Å²) in [6, 6.07) is 28.1. The molecule has 2 N–H and O–H groups in total. The van der Waals surface area contributed by atoms with Crippen molar-refractivity contribution >= 4 is 58.1 Å². The fourth-order valence-corrected chi connectivity index (χ4v) is 5.18. The van der Waals surface area contributed by atoms with E-state index >= 15 is 0 Å². The number of benzene rings is 4. The van der Waals surface area contributed by atoms with Crippen molar-refractivity contribution in [2.24, 2.45) is 0 Å². The highest BCUT2D eigenvalue weighted by molar-refractivity contribution is 8.04. The van der Waals surface area contributed by atoms with Crippen LogP contribution in [0.5, 0.6) is 5.75 Å². The second kappa shape index (κ2) is 11.7. The predicted octanol–water partition coefficient (Wildman–Crippen LogP) is 6.90. The van der Waals surface area contributed by atoms with Crippen LogP contribution in [-0.4, -0.2) is 24.8 Å². The minimum atomic E-state index is -0.457. The molecule has 1 aliphatic rings. The van der Waals surface area contributed by atoms with Gasteiger partial charge in [0.25, 0.3) is 17.7 Å². The molecule has 0 saturated heterocycles. The Labute approximate surface area is 240 Å². The third kappa shape index (κ3) is 5.73. The van der Waals surface area contributed by atoms with Gasteiger partial charge in [-0.25, -0.2) is 4.90 Å². The molecule has 200 valence electrons. The molecule has 0 fully saturated rings. The Morgan fingerprint density at radius 2 is 1.48 bits per heavy atom. The lowest BCUT2D eigenvalue weighted by Crippen LogP contribution is -2.32. The molecule has 1 aliphatic heterocycles. The summed E-state index contributed by atoms with van der Waals surface area (Å²) in [5.41, 5.74) is 3.32. The van der Waals surface area contributed by atoms with E-state index in [0.29, 0.717) is 38.3 Å². The number of rotatable bonds is 8. The smallest absolute Gasteiger partial charge is 0.283 e. The normalized spacial score (nSPS) is 13.0. The van der Waals surface area contributed by atoms with Gasteiger partial charge >= 0.3 is 0 Å². The lowest BCUT2D eigenvalue weighted by atomic mass is 10.2. The van der Waals surface area contributed by atoms with Crippen LogP contribution in [-0.2, 0) is 9.59 Å². The van der Waals surface area contributed by atoms with Gasteiger partial charge in [0.1, 0.15) is 16.4 Å². The maximum absolute atomic E-state index is 13.6. The predicted molar refractivity (Wildman–Crippen MR) is 159 cm³/mol. The van der Waals surface area contributed by atoms with Crippen LogP contribution in [0.3, 0.4) is 0 Å². The van der Waals surface area contributed by atoms with E-state index in [-0.39, 0.29) is 16.5 Å². The summed E-state index contributed by atoms with van der Waals surface area (Å²) in [6.45, 7) is 1.97. The lowest BCUT2D eigenvalue weighted by Gasteiger charge is -2.15. The molecule has 0 aromatic heterocycles. The molecule has 7 nitrogen and oxygen atoms in total. The maximum atomic E-state index is 13.6. The van der Waals surface area contributed by atoms with Crippen molar-refractivity contribution in [3.8, 4) is 5.75 Å². The molecular formula is C31H24ClN3O4S. The standard InChI is InChI=1S/C31H24ClN3O4S/c1-19-7-9-20(10-8-19)33-27-28(31(38)35(30(27)37)22-13-15-23(39-2)16-14-22)40-24-17-11-21(12-18-24)34-29(36)25-5-3-4-6-26(25)32/h3-18,33H,1-2H3,(H,34,36). The quantitative estimate of drug-likeness (QED) is 0.224. The molecule has 0 saturated carbocycles. The van der Waals surface area contributed by atoms with Gasteiger partial charge in [-0.3, -0.25) is 14.4 Å². The number of carbonyl (C=O) groups is 3. The lowest BCUT2D eigenvalue weighted by molar-refractivity contribution is -0.120. The average Bonchev–Trinajstić information content (AvgIpc) is 3.19. The van der Waals surface area contributed by atoms with Crippen molar-refractivity contribution in [3.63, 3.8) is 0 Å². The number of amides is 3. The summed E-state index contributed by atoms with van der Waals surface area (Å²) in [5.74, 6) is -0.608. The average molecular weight is 570 g/mol. The molecule has 0 bridgehead atoms. The topological polar surface area (TPSA) is 87.7 Å². The zero-order chi connectivity index (χ0) is 28.2. The number of nitrogens with zero attached hydrogens (tertiary/aromatic N) is 1. The molecule has 0 atom stereocenters. The van der Waals surface area contributed by atoms with E-state index in [1.165, 1.54) is 11.8 Å². The van der Waals surface area contributed by atoms with Crippen LogP contribution in [0.4, 0.5) is 17.1 Å². The van der Waals surface area contributed by atoms with Crippen molar-refractivity contribution in [2.45, 2.75) is 11.8 Å². The number of thioether (sulfide) groups is 1. The van der Waals surface area contributed by atoms with Crippen molar-refractivity contribution < 1.29 is 19.1 Å². The third-order valence-electron chi connectivity index (χ3n) is 6.14. The summed E-state index contributed by atoms with van der Waals surface area (Å²) in [5, 5.41) is 6.34. The van der Waals surface area contributed by atoms with Crippen LogP contribution < -0.4 is 20.3 Å². The Hall–Kier alpha value is -4.53. The SMILES string of the molecule is COc1ccc(N2C(=O)C(Nc3ccc(C)cc3)=C(Sc3ccc(NC(=O)c4ccccc4Cl)cc3)C2=O)cc1. The first-order valence-electron chi connectivity index (χ1n) is 12.3. The first kappa shape index (κ1) is 27.1. The van der Waals surface area contributed by atoms with E-state index in [1.807, 2.05) is 31.2 Å². The fraction of sp³-hybridized carbons (Fsp3) is 0.0645. The van der Waals surface area contributed by atoms with Crippen molar-refractivity contribution in [1.29, 1.82) is 0 Å². The van der Waals surface area contributed by atoms with Crippen LogP contribution in [0.25, 0.3) is 0 Å². The van der Waals surface area contributed by atoms with E-state index < -0.39 is 11.8 Å². The first-order chi connectivity index (χ1) is 19.3. The van der Waals surface area contributed by atoms with Gasteiger partial charge in [-0.15, -0.1) is 0 Å². The fourth-order valence-electron chi connectivity index (χ4n) is 4.03. The molecule has 0 radical (unpaired) electrons. The highest BCUT2D eigenvalue weighted by Crippen LogP contribution is 2.38. The van der Waals surface area contributed by atoms with Crippen LogP contribution in [0.15, 0.2) is 113 Å². The largest absolute Gasteiger partial charge is 0.497 e. The van der Waals surface area contributed by atoms with E-state index in [9.17, 15) is 14.4 Å². The molecule has 9 heteroatoms. The van der Waals surface area contributed by atoms with Gasteiger partial charge in [0, 0.05) is 16.3 Å². The summed E-state index contributed by atoms with van der Waals surface area (Å²) >= 11 is 7.31. The number of nitrogens with one attached hydrogen (secondary N) is 2. The second-order valence-corrected chi connectivity index (χ2v) is 10.4. The second-order valence-electron chi connectivity index (χ2n) is 8.90. The highest BCUT2D eigenvalue weighted by atomic mass is 35.5. The van der Waals surface area contributed by atoms with Gasteiger partial charge in [-0.05, 0) is 79.7 Å². The van der Waals surface area contributed by atoms with Crippen molar-refractivity contribution in [1.82, 2.24) is 0 Å². The summed E-state index contributed by atoms with van der Waals surface area (Å²) < 4.78 is 5.21. The van der Waals surface area contributed by atoms with Gasteiger partial charge in [0.2, 0.25) is 0 Å². The van der Waals surface area contributed by atoms with Gasteiger partial charge < -0.3 is 15.4 Å². The zero-order valence-corrected chi connectivity index (χ0v) is 23.2. The first-order valence-corrected chi connectivity index (χ1v) is 13.5. The Balaban J connectivity index is 1.41. The Morgan fingerprint density at radius 3 is 2.12 bits per heavy atom. The van der Waals surface area contributed by atoms with E-state index in [0.717, 1.165) is 10.5 Å². The molecule has 4 aromatic rings. The summed E-state index contributed by atoms with van der Waals surface area (Å²) in [6.07, 6.45) is 0. The van der Waals surface area contributed by atoms with Crippen LogP contribution >= 0.6 is 23.4 Å². The van der Waals surface area contributed by atoms with Gasteiger partial charge in [0.05, 0.1) is 23.4 Å². The minimum Gasteiger partial charge on any atom is -0.497 e.